The van der Waals surface area contributed by atoms with Crippen LogP contribution in [0.2, 0.25) is 0 Å². The van der Waals surface area contributed by atoms with Crippen molar-refractivity contribution in [1.82, 2.24) is 0 Å². The molecule has 0 aliphatic heterocycles. The van der Waals surface area contributed by atoms with Crippen molar-refractivity contribution < 1.29 is 23.3 Å². The predicted molar refractivity (Wildman–Crippen MR) is 105 cm³/mol. The monoisotopic (exact) mass is 389 g/mol. The number of nitrogens with one attached hydrogen (secondary N) is 1. The minimum absolute atomic E-state index is 0.200. The fourth-order valence-corrected chi connectivity index (χ4v) is 3.36. The van der Waals surface area contributed by atoms with E-state index in [4.69, 9.17) is 9.47 Å². The Morgan fingerprint density at radius 3 is 2.56 bits per heavy atom. The first-order valence-electron chi connectivity index (χ1n) is 8.51. The number of aryl methyl sites for hydroxylation is 1. The summed E-state index contributed by atoms with van der Waals surface area (Å²) in [6.07, 6.45) is -1.04. The highest BCUT2D eigenvalue weighted by atomic mass is 32.2. The lowest BCUT2D eigenvalue weighted by Crippen LogP contribution is -2.30. The molecule has 0 radical (unpaired) electrons. The number of hydrogen-bond donors (Lipinski definition) is 1. The first-order chi connectivity index (χ1) is 12.9. The molecule has 144 valence electrons. The highest BCUT2D eigenvalue weighted by molar-refractivity contribution is 7.85. The molecule has 0 bridgehead atoms. The van der Waals surface area contributed by atoms with Gasteiger partial charge in [-0.25, -0.2) is 4.79 Å². The number of hydrogen-bond acceptors (Lipinski definition) is 5. The summed E-state index contributed by atoms with van der Waals surface area (Å²) in [7, 11) is 0.204. The van der Waals surface area contributed by atoms with Crippen molar-refractivity contribution in [1.29, 1.82) is 0 Å². The molecule has 1 amide bonds. The van der Waals surface area contributed by atoms with Gasteiger partial charge in [0.15, 0.2) is 6.10 Å². The van der Waals surface area contributed by atoms with E-state index >= 15 is 0 Å². The van der Waals surface area contributed by atoms with Crippen LogP contribution in [0.4, 0.5) is 5.69 Å². The summed E-state index contributed by atoms with van der Waals surface area (Å²) in [6, 6.07) is 11.9. The predicted octanol–water partition coefficient (Wildman–Crippen LogP) is 3.32. The maximum atomic E-state index is 12.5. The molecule has 0 saturated carbocycles. The number of rotatable bonds is 7. The molecule has 1 N–H and O–H groups in total. The summed E-state index contributed by atoms with van der Waals surface area (Å²) in [5.41, 5.74) is 1.65. The summed E-state index contributed by atoms with van der Waals surface area (Å²) in [5.74, 6) is -0.281. The lowest BCUT2D eigenvalue weighted by Gasteiger charge is -2.16. The molecule has 0 aliphatic carbocycles. The van der Waals surface area contributed by atoms with Gasteiger partial charge in [-0.2, -0.15) is 0 Å². The molecule has 6 nitrogen and oxygen atoms in total. The molecule has 2 aromatic rings. The Hall–Kier alpha value is -2.67. The summed E-state index contributed by atoms with van der Waals surface area (Å²) in [5, 5.41) is 2.71. The molecule has 27 heavy (non-hydrogen) atoms. The molecule has 0 unspecified atom stereocenters. The first kappa shape index (κ1) is 20.6. The van der Waals surface area contributed by atoms with Crippen molar-refractivity contribution in [3.8, 4) is 5.75 Å². The third-order valence-electron chi connectivity index (χ3n) is 3.88. The topological polar surface area (TPSA) is 81.7 Å². The van der Waals surface area contributed by atoms with E-state index in [1.165, 1.54) is 14.0 Å². The number of benzene rings is 2. The Morgan fingerprint density at radius 1 is 1.19 bits per heavy atom. The number of methoxy groups -OCH3 is 1. The van der Waals surface area contributed by atoms with Crippen LogP contribution in [0, 0.1) is 6.92 Å². The van der Waals surface area contributed by atoms with E-state index in [1.807, 2.05) is 13.0 Å². The standard InChI is InChI=1S/C20H23NO5S/c1-5-27(24)18-9-7-6-8-15(18)20(23)26-14(3)19(22)21-16-12-13(2)10-11-17(16)25-4/h6-12,14H,5H2,1-4H3,(H,21,22)/t14-,27+/m1/s1. The average Bonchev–Trinajstić information content (AvgIpc) is 2.67. The second-order valence-corrected chi connectivity index (χ2v) is 7.58. The number of esters is 1. The van der Waals surface area contributed by atoms with Crippen molar-refractivity contribution in [3.63, 3.8) is 0 Å². The molecular weight excluding hydrogens is 366 g/mol. The second kappa shape index (κ2) is 9.32. The van der Waals surface area contributed by atoms with Gasteiger partial charge in [0.1, 0.15) is 5.75 Å². The van der Waals surface area contributed by atoms with Crippen molar-refractivity contribution in [2.24, 2.45) is 0 Å². The van der Waals surface area contributed by atoms with Crippen LogP contribution in [0.1, 0.15) is 29.8 Å². The van der Waals surface area contributed by atoms with E-state index < -0.39 is 28.8 Å². The van der Waals surface area contributed by atoms with Gasteiger partial charge in [0.2, 0.25) is 0 Å². The number of carbonyl (C=O) groups excluding carboxylic acids is 2. The molecule has 0 aromatic heterocycles. The zero-order valence-corrected chi connectivity index (χ0v) is 16.6. The molecule has 2 aromatic carbocycles. The van der Waals surface area contributed by atoms with E-state index in [1.54, 1.807) is 43.3 Å². The van der Waals surface area contributed by atoms with Crippen LogP contribution >= 0.6 is 0 Å². The zero-order chi connectivity index (χ0) is 20.0. The van der Waals surface area contributed by atoms with Gasteiger partial charge in [-0.15, -0.1) is 0 Å². The summed E-state index contributed by atoms with van der Waals surface area (Å²) in [4.78, 5) is 25.3. The van der Waals surface area contributed by atoms with Gasteiger partial charge in [0.05, 0.1) is 34.1 Å². The van der Waals surface area contributed by atoms with Crippen molar-refractivity contribution in [2.45, 2.75) is 31.8 Å². The Labute approximate surface area is 161 Å². The van der Waals surface area contributed by atoms with E-state index in [0.29, 0.717) is 22.1 Å². The third-order valence-corrected chi connectivity index (χ3v) is 5.25. The maximum absolute atomic E-state index is 12.5. The van der Waals surface area contributed by atoms with Crippen LogP contribution < -0.4 is 10.1 Å². The lowest BCUT2D eigenvalue weighted by atomic mass is 10.2. The van der Waals surface area contributed by atoms with Gasteiger partial charge in [0.25, 0.3) is 5.91 Å². The summed E-state index contributed by atoms with van der Waals surface area (Å²) >= 11 is 0. The zero-order valence-electron chi connectivity index (χ0n) is 15.8. The van der Waals surface area contributed by atoms with Crippen LogP contribution in [0.15, 0.2) is 47.4 Å². The van der Waals surface area contributed by atoms with E-state index in [9.17, 15) is 13.8 Å². The van der Waals surface area contributed by atoms with Gasteiger partial charge in [0, 0.05) is 5.75 Å². The normalized spacial score (nSPS) is 12.7. The van der Waals surface area contributed by atoms with Crippen molar-refractivity contribution >= 4 is 28.4 Å². The van der Waals surface area contributed by atoms with Crippen LogP contribution in [-0.4, -0.2) is 35.1 Å². The molecule has 2 atom stereocenters. The fraction of sp³-hybridized carbons (Fsp3) is 0.300. The van der Waals surface area contributed by atoms with Gasteiger partial charge < -0.3 is 14.8 Å². The SMILES string of the molecule is CC[S@](=O)c1ccccc1C(=O)O[C@H](C)C(=O)Nc1cc(C)ccc1OC. The van der Waals surface area contributed by atoms with Gasteiger partial charge in [-0.3, -0.25) is 9.00 Å². The molecule has 0 heterocycles. The molecule has 0 saturated heterocycles. The molecule has 2 rings (SSSR count). The number of anilines is 1. The largest absolute Gasteiger partial charge is 0.495 e. The van der Waals surface area contributed by atoms with E-state index in [-0.39, 0.29) is 5.56 Å². The van der Waals surface area contributed by atoms with Crippen LogP contribution in [-0.2, 0) is 20.3 Å². The molecule has 0 spiro atoms. The molecule has 0 aliphatic rings. The number of ether oxygens (including phenoxy) is 2. The Kier molecular flexibility index (Phi) is 7.12. The highest BCUT2D eigenvalue weighted by Crippen LogP contribution is 2.25. The maximum Gasteiger partial charge on any atom is 0.340 e. The summed E-state index contributed by atoms with van der Waals surface area (Å²) < 4.78 is 22.6. The Bertz CT molecular complexity index is 865. The highest BCUT2D eigenvalue weighted by Gasteiger charge is 2.23. The Balaban J connectivity index is 2.12. The van der Waals surface area contributed by atoms with Gasteiger partial charge in [-0.1, -0.05) is 25.1 Å². The van der Waals surface area contributed by atoms with Gasteiger partial charge in [-0.05, 0) is 43.7 Å². The van der Waals surface area contributed by atoms with Crippen LogP contribution in [0.25, 0.3) is 0 Å². The fourth-order valence-electron chi connectivity index (χ4n) is 2.42. The third kappa shape index (κ3) is 5.17. The smallest absolute Gasteiger partial charge is 0.340 e. The van der Waals surface area contributed by atoms with Crippen molar-refractivity contribution in [2.75, 3.05) is 18.2 Å². The van der Waals surface area contributed by atoms with Crippen molar-refractivity contribution in [3.05, 3.63) is 53.6 Å². The minimum Gasteiger partial charge on any atom is -0.495 e. The van der Waals surface area contributed by atoms with Crippen LogP contribution in [0.5, 0.6) is 5.75 Å². The minimum atomic E-state index is -1.30. The quantitative estimate of drug-likeness (QED) is 0.735. The van der Waals surface area contributed by atoms with Gasteiger partial charge >= 0.3 is 5.97 Å². The van der Waals surface area contributed by atoms with Crippen LogP contribution in [0.3, 0.4) is 0 Å². The Morgan fingerprint density at radius 2 is 1.89 bits per heavy atom. The lowest BCUT2D eigenvalue weighted by molar-refractivity contribution is -0.123. The first-order valence-corrected chi connectivity index (χ1v) is 9.83. The molecule has 7 heteroatoms. The molecular formula is C20H23NO5S. The number of amides is 1. The second-order valence-electron chi connectivity index (χ2n) is 5.87. The summed E-state index contributed by atoms with van der Waals surface area (Å²) in [6.45, 7) is 5.14. The molecule has 0 fully saturated rings. The number of carbonyl (C=O) groups is 2. The average molecular weight is 389 g/mol. The van der Waals surface area contributed by atoms with E-state index in [2.05, 4.69) is 5.32 Å². The van der Waals surface area contributed by atoms with E-state index in [0.717, 1.165) is 5.56 Å².